The van der Waals surface area contributed by atoms with Gasteiger partial charge in [-0.1, -0.05) is 43.6 Å². The summed E-state index contributed by atoms with van der Waals surface area (Å²) in [5.74, 6) is 0.516. The van der Waals surface area contributed by atoms with E-state index in [0.717, 1.165) is 16.5 Å². The van der Waals surface area contributed by atoms with Crippen molar-refractivity contribution in [1.29, 1.82) is 0 Å². The standard InChI is InChI=1S/C15H21BrO2.C4H9NO2/c1-6-10(4)13-8-11(15(17)18-5)7-12(9(2)3)14(13)16;1-4(2,3)7-5-6/h7-10H,6H2,1-5H3;1-3H3. The highest BCUT2D eigenvalue weighted by atomic mass is 79.9. The highest BCUT2D eigenvalue weighted by Crippen LogP contribution is 2.35. The van der Waals surface area contributed by atoms with Crippen molar-refractivity contribution in [3.63, 3.8) is 0 Å². The molecule has 1 rings (SSSR count). The zero-order valence-corrected chi connectivity index (χ0v) is 18.1. The number of hydrogen-bond donors (Lipinski definition) is 0. The number of methoxy groups -OCH3 is 1. The van der Waals surface area contributed by atoms with Gasteiger partial charge in [-0.25, -0.2) is 4.79 Å². The summed E-state index contributed by atoms with van der Waals surface area (Å²) in [4.78, 5) is 25.4. The third-order valence-electron chi connectivity index (χ3n) is 3.63. The summed E-state index contributed by atoms with van der Waals surface area (Å²) in [6.07, 6.45) is 1.04. The van der Waals surface area contributed by atoms with Crippen LogP contribution in [-0.2, 0) is 9.57 Å². The molecule has 0 aliphatic carbocycles. The fourth-order valence-corrected chi connectivity index (χ4v) is 3.09. The van der Waals surface area contributed by atoms with Crippen LogP contribution in [0.15, 0.2) is 21.9 Å². The molecule has 1 unspecified atom stereocenters. The summed E-state index contributed by atoms with van der Waals surface area (Å²) in [5, 5.41) is 2.26. The monoisotopic (exact) mass is 415 g/mol. The van der Waals surface area contributed by atoms with E-state index < -0.39 is 5.60 Å². The van der Waals surface area contributed by atoms with Crippen molar-refractivity contribution >= 4 is 21.9 Å². The highest BCUT2D eigenvalue weighted by Gasteiger charge is 2.18. The van der Waals surface area contributed by atoms with Gasteiger partial charge in [-0.05, 0) is 62.3 Å². The first-order chi connectivity index (χ1) is 11.5. The quantitative estimate of drug-likeness (QED) is 0.318. The Morgan fingerprint density at radius 1 is 1.20 bits per heavy atom. The molecule has 25 heavy (non-hydrogen) atoms. The Balaban J connectivity index is 0.000000697. The maximum Gasteiger partial charge on any atom is 0.337 e. The second kappa shape index (κ2) is 10.5. The van der Waals surface area contributed by atoms with E-state index in [-0.39, 0.29) is 5.97 Å². The summed E-state index contributed by atoms with van der Waals surface area (Å²) >= 11 is 3.68. The molecular formula is C19H30BrNO4. The van der Waals surface area contributed by atoms with Gasteiger partial charge in [-0.3, -0.25) is 0 Å². The molecule has 0 bridgehead atoms. The Hall–Kier alpha value is -1.43. The van der Waals surface area contributed by atoms with Crippen LogP contribution >= 0.6 is 15.9 Å². The average Bonchev–Trinajstić information content (AvgIpc) is 2.52. The summed E-state index contributed by atoms with van der Waals surface area (Å²) in [6.45, 7) is 13.8. The van der Waals surface area contributed by atoms with E-state index in [1.165, 1.54) is 12.7 Å². The molecule has 0 aliphatic heterocycles. The third-order valence-corrected chi connectivity index (χ3v) is 4.54. The number of rotatable bonds is 5. The van der Waals surface area contributed by atoms with Crippen molar-refractivity contribution < 1.29 is 14.4 Å². The largest absolute Gasteiger partial charge is 0.465 e. The molecule has 0 heterocycles. The first kappa shape index (κ1) is 23.6. The maximum atomic E-state index is 11.7. The summed E-state index contributed by atoms with van der Waals surface area (Å²) in [6, 6.07) is 3.86. The van der Waals surface area contributed by atoms with Gasteiger partial charge in [-0.15, -0.1) is 4.91 Å². The van der Waals surface area contributed by atoms with Crippen LogP contribution in [0.1, 0.15) is 88.2 Å². The fraction of sp³-hybridized carbons (Fsp3) is 0.632. The van der Waals surface area contributed by atoms with E-state index in [1.807, 2.05) is 12.1 Å². The number of carbonyl (C=O) groups excluding carboxylic acids is 1. The molecule has 0 saturated carbocycles. The molecule has 0 radical (unpaired) electrons. The molecule has 1 aromatic rings. The second-order valence-electron chi connectivity index (χ2n) is 7.20. The van der Waals surface area contributed by atoms with Crippen molar-refractivity contribution in [3.05, 3.63) is 38.2 Å². The van der Waals surface area contributed by atoms with Crippen LogP contribution in [0.4, 0.5) is 0 Å². The van der Waals surface area contributed by atoms with Gasteiger partial charge in [0.05, 0.1) is 12.7 Å². The van der Waals surface area contributed by atoms with E-state index >= 15 is 0 Å². The lowest BCUT2D eigenvalue weighted by atomic mass is 9.91. The lowest BCUT2D eigenvalue weighted by Gasteiger charge is -2.18. The number of esters is 1. The average molecular weight is 416 g/mol. The summed E-state index contributed by atoms with van der Waals surface area (Å²) < 4.78 is 5.95. The van der Waals surface area contributed by atoms with Crippen LogP contribution in [0, 0.1) is 4.91 Å². The Kier molecular flexibility index (Phi) is 9.93. The van der Waals surface area contributed by atoms with Crippen LogP contribution in [0.3, 0.4) is 0 Å². The number of benzene rings is 1. The minimum atomic E-state index is -0.429. The van der Waals surface area contributed by atoms with Crippen LogP contribution in [0.25, 0.3) is 0 Å². The zero-order chi connectivity index (χ0) is 19.8. The van der Waals surface area contributed by atoms with Gasteiger partial charge < -0.3 is 9.57 Å². The van der Waals surface area contributed by atoms with Gasteiger partial charge in [0.1, 0.15) is 5.60 Å². The molecule has 1 atom stereocenters. The molecule has 0 spiro atoms. The molecule has 1 aromatic carbocycles. The van der Waals surface area contributed by atoms with Crippen molar-refractivity contribution in [2.75, 3.05) is 7.11 Å². The number of hydrogen-bond acceptors (Lipinski definition) is 5. The fourth-order valence-electron chi connectivity index (χ4n) is 2.02. The number of carbonyl (C=O) groups is 1. The smallest absolute Gasteiger partial charge is 0.337 e. The van der Waals surface area contributed by atoms with Crippen LogP contribution < -0.4 is 0 Å². The molecule has 0 N–H and O–H groups in total. The van der Waals surface area contributed by atoms with E-state index in [4.69, 9.17) is 4.74 Å². The maximum absolute atomic E-state index is 11.7. The number of halogens is 1. The lowest BCUT2D eigenvalue weighted by molar-refractivity contribution is -0.00230. The normalized spacial score (nSPS) is 12.1. The Labute approximate surface area is 159 Å². The van der Waals surface area contributed by atoms with Crippen LogP contribution in [-0.4, -0.2) is 18.7 Å². The van der Waals surface area contributed by atoms with Crippen LogP contribution in [0.2, 0.25) is 0 Å². The topological polar surface area (TPSA) is 65.0 Å². The second-order valence-corrected chi connectivity index (χ2v) is 8.00. The zero-order valence-electron chi connectivity index (χ0n) is 16.5. The molecule has 0 saturated heterocycles. The van der Waals surface area contributed by atoms with Crippen molar-refractivity contribution in [3.8, 4) is 0 Å². The van der Waals surface area contributed by atoms with Gasteiger partial charge in [0.2, 0.25) is 0 Å². The molecular weight excluding hydrogens is 386 g/mol. The van der Waals surface area contributed by atoms with Gasteiger partial charge in [0, 0.05) is 4.47 Å². The molecule has 142 valence electrons. The number of ether oxygens (including phenoxy) is 1. The lowest BCUT2D eigenvalue weighted by Crippen LogP contribution is -2.14. The van der Waals surface area contributed by atoms with Crippen molar-refractivity contribution in [1.82, 2.24) is 0 Å². The van der Waals surface area contributed by atoms with Gasteiger partial charge in [0.15, 0.2) is 5.34 Å². The molecule has 0 aromatic heterocycles. The Morgan fingerprint density at radius 3 is 2.04 bits per heavy atom. The van der Waals surface area contributed by atoms with E-state index in [1.54, 1.807) is 20.8 Å². The third kappa shape index (κ3) is 7.99. The number of nitrogens with zero attached hydrogens (tertiary/aromatic N) is 1. The van der Waals surface area contributed by atoms with Crippen molar-refractivity contribution in [2.24, 2.45) is 5.34 Å². The predicted molar refractivity (Wildman–Crippen MR) is 105 cm³/mol. The van der Waals surface area contributed by atoms with E-state index in [9.17, 15) is 9.70 Å². The molecule has 0 amide bonds. The predicted octanol–water partition coefficient (Wildman–Crippen LogP) is 6.36. The first-order valence-corrected chi connectivity index (χ1v) is 9.20. The first-order valence-electron chi connectivity index (χ1n) is 8.40. The van der Waals surface area contributed by atoms with Crippen LogP contribution in [0.5, 0.6) is 0 Å². The molecule has 0 fully saturated rings. The SMILES string of the molecule is CC(C)(C)ON=O.CCC(C)c1cc(C(=O)OC)cc(C(C)C)c1Br. The van der Waals surface area contributed by atoms with Gasteiger partial charge >= 0.3 is 5.97 Å². The molecule has 6 heteroatoms. The minimum absolute atomic E-state index is 0.269. The van der Waals surface area contributed by atoms with E-state index in [2.05, 4.69) is 53.8 Å². The minimum Gasteiger partial charge on any atom is -0.465 e. The van der Waals surface area contributed by atoms with E-state index in [0.29, 0.717) is 17.4 Å². The summed E-state index contributed by atoms with van der Waals surface area (Å²) in [7, 11) is 1.42. The highest BCUT2D eigenvalue weighted by molar-refractivity contribution is 9.10. The Bertz CT molecular complexity index is 580. The molecule has 5 nitrogen and oxygen atoms in total. The summed E-state index contributed by atoms with van der Waals surface area (Å²) in [5.41, 5.74) is 2.55. The van der Waals surface area contributed by atoms with Crippen molar-refractivity contribution in [2.45, 2.75) is 72.3 Å². The Morgan fingerprint density at radius 2 is 1.72 bits per heavy atom. The molecule has 0 aliphatic rings. The van der Waals surface area contributed by atoms with Gasteiger partial charge in [-0.2, -0.15) is 0 Å². The van der Waals surface area contributed by atoms with Gasteiger partial charge in [0.25, 0.3) is 0 Å².